The van der Waals surface area contributed by atoms with E-state index in [9.17, 15) is 4.79 Å². The number of piperazine rings is 1. The van der Waals surface area contributed by atoms with Gasteiger partial charge in [0.05, 0.1) is 12.2 Å². The molecule has 25 heavy (non-hydrogen) atoms. The summed E-state index contributed by atoms with van der Waals surface area (Å²) in [6.45, 7) is 5.33. The molecule has 3 heterocycles. The van der Waals surface area contributed by atoms with Gasteiger partial charge in [0.15, 0.2) is 0 Å². The SMILES string of the molecule is COCCn1cc(C(=O)N2CCN3CCCC[C@@H]3C2)c2ccccc21. The standard InChI is InChI=1S/C20H27N3O2/c1-25-13-12-22-15-18(17-7-2-3-8-19(17)22)20(24)23-11-10-21-9-5-4-6-16(21)14-23/h2-3,7-8,15-16H,4-6,9-14H2,1H3/t16-/m1/s1. The Morgan fingerprint density at radius 3 is 2.96 bits per heavy atom. The molecule has 2 aliphatic rings. The third-order valence-electron chi connectivity index (χ3n) is 5.68. The minimum atomic E-state index is 0.178. The maximum Gasteiger partial charge on any atom is 0.256 e. The highest BCUT2D eigenvalue weighted by Gasteiger charge is 2.32. The van der Waals surface area contributed by atoms with Crippen molar-refractivity contribution in [3.05, 3.63) is 36.0 Å². The van der Waals surface area contributed by atoms with Crippen LogP contribution < -0.4 is 0 Å². The molecule has 0 radical (unpaired) electrons. The molecule has 1 aromatic carbocycles. The fourth-order valence-corrected chi connectivity index (χ4v) is 4.30. The normalized spacial score (nSPS) is 21.5. The molecule has 5 heteroatoms. The number of ether oxygens (including phenoxy) is 1. The molecule has 2 aromatic rings. The first-order chi connectivity index (χ1) is 12.3. The number of rotatable bonds is 4. The van der Waals surface area contributed by atoms with Crippen molar-refractivity contribution in [3.8, 4) is 0 Å². The lowest BCUT2D eigenvalue weighted by atomic mass is 9.99. The van der Waals surface area contributed by atoms with E-state index in [1.165, 1.54) is 25.8 Å². The van der Waals surface area contributed by atoms with Gasteiger partial charge in [-0.1, -0.05) is 24.6 Å². The van der Waals surface area contributed by atoms with Gasteiger partial charge in [0.2, 0.25) is 0 Å². The smallest absolute Gasteiger partial charge is 0.256 e. The van der Waals surface area contributed by atoms with E-state index < -0.39 is 0 Å². The Morgan fingerprint density at radius 1 is 1.20 bits per heavy atom. The van der Waals surface area contributed by atoms with Crippen LogP contribution >= 0.6 is 0 Å². The summed E-state index contributed by atoms with van der Waals surface area (Å²) >= 11 is 0. The second kappa shape index (κ2) is 7.18. The highest BCUT2D eigenvalue weighted by Crippen LogP contribution is 2.26. The summed E-state index contributed by atoms with van der Waals surface area (Å²) in [5, 5.41) is 1.05. The number of methoxy groups -OCH3 is 1. The van der Waals surface area contributed by atoms with Crippen molar-refractivity contribution < 1.29 is 9.53 Å². The lowest BCUT2D eigenvalue weighted by Crippen LogP contribution is -2.56. The van der Waals surface area contributed by atoms with E-state index in [-0.39, 0.29) is 5.91 Å². The van der Waals surface area contributed by atoms with Crippen molar-refractivity contribution in [2.75, 3.05) is 39.9 Å². The van der Waals surface area contributed by atoms with Gasteiger partial charge in [-0.25, -0.2) is 0 Å². The third-order valence-corrected chi connectivity index (χ3v) is 5.68. The van der Waals surface area contributed by atoms with Crippen molar-refractivity contribution in [1.82, 2.24) is 14.4 Å². The molecule has 5 nitrogen and oxygen atoms in total. The summed E-state index contributed by atoms with van der Waals surface area (Å²) in [6.07, 6.45) is 5.83. The average Bonchev–Trinajstić information content (AvgIpc) is 3.04. The number of benzene rings is 1. The molecule has 1 aromatic heterocycles. The molecule has 0 aliphatic carbocycles. The van der Waals surface area contributed by atoms with Crippen molar-refractivity contribution in [2.24, 2.45) is 0 Å². The Kier molecular flexibility index (Phi) is 4.77. The number of hydrogen-bond acceptors (Lipinski definition) is 3. The zero-order chi connectivity index (χ0) is 17.2. The summed E-state index contributed by atoms with van der Waals surface area (Å²) in [5.74, 6) is 0.178. The molecule has 2 saturated heterocycles. The van der Waals surface area contributed by atoms with E-state index >= 15 is 0 Å². The number of para-hydroxylation sites is 1. The Balaban J connectivity index is 1.59. The van der Waals surface area contributed by atoms with Crippen molar-refractivity contribution in [3.63, 3.8) is 0 Å². The van der Waals surface area contributed by atoms with Gasteiger partial charge in [-0.2, -0.15) is 0 Å². The van der Waals surface area contributed by atoms with E-state index in [0.29, 0.717) is 12.6 Å². The predicted molar refractivity (Wildman–Crippen MR) is 98.9 cm³/mol. The quantitative estimate of drug-likeness (QED) is 0.858. The summed E-state index contributed by atoms with van der Waals surface area (Å²) in [6, 6.07) is 8.73. The molecule has 0 N–H and O–H groups in total. The van der Waals surface area contributed by atoms with E-state index in [2.05, 4.69) is 26.5 Å². The molecule has 0 saturated carbocycles. The Bertz CT molecular complexity index is 754. The van der Waals surface area contributed by atoms with Crippen LogP contribution in [-0.4, -0.2) is 66.2 Å². The zero-order valence-electron chi connectivity index (χ0n) is 15.0. The minimum absolute atomic E-state index is 0.178. The zero-order valence-corrected chi connectivity index (χ0v) is 15.0. The molecule has 4 rings (SSSR count). The van der Waals surface area contributed by atoms with Gasteiger partial charge in [0.1, 0.15) is 0 Å². The van der Waals surface area contributed by atoms with Crippen LogP contribution in [0, 0.1) is 0 Å². The number of carbonyl (C=O) groups excluding carboxylic acids is 1. The van der Waals surface area contributed by atoms with Gasteiger partial charge in [-0.05, 0) is 25.5 Å². The number of amides is 1. The fraction of sp³-hybridized carbons (Fsp3) is 0.550. The topological polar surface area (TPSA) is 37.7 Å². The van der Waals surface area contributed by atoms with E-state index in [4.69, 9.17) is 4.74 Å². The van der Waals surface area contributed by atoms with Crippen molar-refractivity contribution in [2.45, 2.75) is 31.8 Å². The van der Waals surface area contributed by atoms with E-state index in [1.54, 1.807) is 7.11 Å². The van der Waals surface area contributed by atoms with Gasteiger partial charge in [0.25, 0.3) is 5.91 Å². The first-order valence-corrected chi connectivity index (χ1v) is 9.38. The monoisotopic (exact) mass is 341 g/mol. The average molecular weight is 341 g/mol. The number of fused-ring (bicyclic) bond motifs is 2. The number of piperidine rings is 1. The van der Waals surface area contributed by atoms with Crippen molar-refractivity contribution >= 4 is 16.8 Å². The fourth-order valence-electron chi connectivity index (χ4n) is 4.30. The molecule has 2 aliphatic heterocycles. The first-order valence-electron chi connectivity index (χ1n) is 9.38. The summed E-state index contributed by atoms with van der Waals surface area (Å²) in [5.41, 5.74) is 1.94. The molecular weight excluding hydrogens is 314 g/mol. The van der Waals surface area contributed by atoms with E-state index in [1.807, 2.05) is 18.3 Å². The van der Waals surface area contributed by atoms with Crippen LogP contribution in [0.1, 0.15) is 29.6 Å². The highest BCUT2D eigenvalue weighted by atomic mass is 16.5. The van der Waals surface area contributed by atoms with Crippen LogP contribution in [0.15, 0.2) is 30.5 Å². The number of aromatic nitrogens is 1. The lowest BCUT2D eigenvalue weighted by molar-refractivity contribution is 0.0373. The largest absolute Gasteiger partial charge is 0.383 e. The third kappa shape index (κ3) is 3.18. The highest BCUT2D eigenvalue weighted by molar-refractivity contribution is 6.07. The second-order valence-corrected chi connectivity index (χ2v) is 7.18. The number of hydrogen-bond donors (Lipinski definition) is 0. The summed E-state index contributed by atoms with van der Waals surface area (Å²) in [4.78, 5) is 17.9. The van der Waals surface area contributed by atoms with Gasteiger partial charge < -0.3 is 14.2 Å². The first kappa shape index (κ1) is 16.6. The molecule has 134 valence electrons. The minimum Gasteiger partial charge on any atom is -0.383 e. The van der Waals surface area contributed by atoms with Gasteiger partial charge >= 0.3 is 0 Å². The molecule has 2 fully saturated rings. The van der Waals surface area contributed by atoms with Crippen LogP contribution in [0.2, 0.25) is 0 Å². The molecule has 0 bridgehead atoms. The Hall–Kier alpha value is -1.85. The number of nitrogens with zero attached hydrogens (tertiary/aromatic N) is 3. The van der Waals surface area contributed by atoms with Crippen molar-refractivity contribution in [1.29, 1.82) is 0 Å². The molecular formula is C20H27N3O2. The van der Waals surface area contributed by atoms with Crippen LogP contribution in [-0.2, 0) is 11.3 Å². The molecule has 0 unspecified atom stereocenters. The molecule has 0 spiro atoms. The Labute approximate surface area is 149 Å². The second-order valence-electron chi connectivity index (χ2n) is 7.18. The van der Waals surface area contributed by atoms with Crippen LogP contribution in [0.25, 0.3) is 10.9 Å². The molecule has 1 amide bonds. The maximum absolute atomic E-state index is 13.2. The van der Waals surface area contributed by atoms with Gasteiger partial charge in [0, 0.05) is 56.4 Å². The summed E-state index contributed by atoms with van der Waals surface area (Å²) < 4.78 is 7.36. The lowest BCUT2D eigenvalue weighted by Gasteiger charge is -2.44. The Morgan fingerprint density at radius 2 is 2.08 bits per heavy atom. The van der Waals surface area contributed by atoms with Gasteiger partial charge in [-0.15, -0.1) is 0 Å². The van der Waals surface area contributed by atoms with Crippen LogP contribution in [0.3, 0.4) is 0 Å². The molecule has 1 atom stereocenters. The predicted octanol–water partition coefficient (Wildman–Crippen LogP) is 2.60. The number of carbonyl (C=O) groups is 1. The van der Waals surface area contributed by atoms with E-state index in [0.717, 1.165) is 42.6 Å². The maximum atomic E-state index is 13.2. The van der Waals surface area contributed by atoms with Gasteiger partial charge in [-0.3, -0.25) is 9.69 Å². The summed E-state index contributed by atoms with van der Waals surface area (Å²) in [7, 11) is 1.71. The van der Waals surface area contributed by atoms with Crippen LogP contribution in [0.5, 0.6) is 0 Å². The van der Waals surface area contributed by atoms with Crippen LogP contribution in [0.4, 0.5) is 0 Å².